The third kappa shape index (κ3) is 2.91. The molecule has 0 radical (unpaired) electrons. The minimum Gasteiger partial charge on any atom is -0.305 e. The molecule has 1 aromatic heterocycles. The van der Waals surface area contributed by atoms with E-state index in [-0.39, 0.29) is 6.04 Å². The summed E-state index contributed by atoms with van der Waals surface area (Å²) in [6.07, 6.45) is 0. The second-order valence-electron chi connectivity index (χ2n) is 3.98. The fourth-order valence-electron chi connectivity index (χ4n) is 1.85. The molecule has 1 unspecified atom stereocenters. The minimum absolute atomic E-state index is 0.273. The van der Waals surface area contributed by atoms with E-state index in [0.717, 1.165) is 16.8 Å². The summed E-state index contributed by atoms with van der Waals surface area (Å²) in [5, 5.41) is 6.04. The lowest BCUT2D eigenvalue weighted by molar-refractivity contribution is 0.562. The fourth-order valence-corrected chi connectivity index (χ4v) is 2.49. The van der Waals surface area contributed by atoms with Gasteiger partial charge in [0, 0.05) is 11.4 Å². The molecular weight excluding hydrogens is 254 g/mol. The zero-order chi connectivity index (χ0) is 13.1. The molecule has 0 saturated carbocycles. The maximum Gasteiger partial charge on any atom is 0.126 e. The quantitative estimate of drug-likeness (QED) is 0.919. The van der Waals surface area contributed by atoms with Crippen molar-refractivity contribution in [2.24, 2.45) is 0 Å². The highest BCUT2D eigenvalue weighted by atomic mass is 32.1. The molecule has 0 saturated heterocycles. The van der Waals surface area contributed by atoms with Gasteiger partial charge in [0.05, 0.1) is 16.7 Å². The van der Waals surface area contributed by atoms with Crippen LogP contribution in [0.4, 0.5) is 8.78 Å². The second-order valence-corrected chi connectivity index (χ2v) is 5.05. The molecule has 18 heavy (non-hydrogen) atoms. The van der Waals surface area contributed by atoms with Crippen LogP contribution in [0.2, 0.25) is 0 Å². The molecule has 0 bridgehead atoms. The van der Waals surface area contributed by atoms with Gasteiger partial charge in [0.15, 0.2) is 0 Å². The Morgan fingerprint density at radius 3 is 2.44 bits per heavy atom. The summed E-state index contributed by atoms with van der Waals surface area (Å²) in [5.41, 5.74) is 1.35. The third-order valence-corrected chi connectivity index (χ3v) is 3.35. The maximum absolute atomic E-state index is 13.3. The Morgan fingerprint density at radius 2 is 1.94 bits per heavy atom. The first-order valence-corrected chi connectivity index (χ1v) is 6.59. The van der Waals surface area contributed by atoms with Crippen LogP contribution in [0.25, 0.3) is 0 Å². The average molecular weight is 268 g/mol. The van der Waals surface area contributed by atoms with E-state index < -0.39 is 11.6 Å². The van der Waals surface area contributed by atoms with Crippen molar-refractivity contribution in [2.45, 2.75) is 19.9 Å². The summed E-state index contributed by atoms with van der Waals surface area (Å²) >= 11 is 1.52. The maximum atomic E-state index is 13.3. The van der Waals surface area contributed by atoms with E-state index in [9.17, 15) is 8.78 Å². The molecule has 0 amide bonds. The molecule has 0 aliphatic rings. The van der Waals surface area contributed by atoms with E-state index in [1.165, 1.54) is 23.5 Å². The van der Waals surface area contributed by atoms with E-state index in [2.05, 4.69) is 10.3 Å². The Labute approximate surface area is 109 Å². The summed E-state index contributed by atoms with van der Waals surface area (Å²) in [4.78, 5) is 4.38. The van der Waals surface area contributed by atoms with Gasteiger partial charge in [-0.15, -0.1) is 11.3 Å². The number of rotatable bonds is 4. The largest absolute Gasteiger partial charge is 0.305 e. The lowest BCUT2D eigenvalue weighted by Crippen LogP contribution is -2.22. The smallest absolute Gasteiger partial charge is 0.126 e. The van der Waals surface area contributed by atoms with Gasteiger partial charge in [-0.3, -0.25) is 0 Å². The normalized spacial score (nSPS) is 12.7. The number of aryl methyl sites for hydroxylation is 1. The van der Waals surface area contributed by atoms with Crippen molar-refractivity contribution < 1.29 is 8.78 Å². The van der Waals surface area contributed by atoms with Crippen LogP contribution in [0.15, 0.2) is 23.6 Å². The van der Waals surface area contributed by atoms with Crippen LogP contribution in [-0.4, -0.2) is 11.5 Å². The molecule has 0 spiro atoms. The molecule has 2 nitrogen and oxygen atoms in total. The zero-order valence-corrected chi connectivity index (χ0v) is 11.0. The monoisotopic (exact) mass is 268 g/mol. The Bertz CT molecular complexity index is 519. The molecule has 0 aliphatic heterocycles. The van der Waals surface area contributed by atoms with Crippen molar-refractivity contribution >= 4 is 11.3 Å². The van der Waals surface area contributed by atoms with E-state index in [0.29, 0.717) is 12.1 Å². The molecule has 1 atom stereocenters. The van der Waals surface area contributed by atoms with Crippen molar-refractivity contribution in [1.29, 1.82) is 0 Å². The fraction of sp³-hybridized carbons (Fsp3) is 0.308. The van der Waals surface area contributed by atoms with Gasteiger partial charge in [-0.2, -0.15) is 0 Å². The molecule has 0 aliphatic carbocycles. The Morgan fingerprint density at radius 1 is 1.28 bits per heavy atom. The standard InChI is InChI=1S/C13H14F2N2S/c1-3-16-13(12-7-18-8(2)17-12)9-4-10(14)6-11(15)5-9/h4-7,13,16H,3H2,1-2H3. The van der Waals surface area contributed by atoms with Gasteiger partial charge in [-0.05, 0) is 31.2 Å². The highest BCUT2D eigenvalue weighted by molar-refractivity contribution is 7.09. The summed E-state index contributed by atoms with van der Waals surface area (Å²) < 4.78 is 26.5. The number of nitrogens with one attached hydrogen (secondary N) is 1. The first kappa shape index (κ1) is 13.1. The van der Waals surface area contributed by atoms with Crippen molar-refractivity contribution in [3.05, 3.63) is 51.5 Å². The highest BCUT2D eigenvalue weighted by Gasteiger charge is 2.17. The van der Waals surface area contributed by atoms with Crippen LogP contribution in [0.5, 0.6) is 0 Å². The van der Waals surface area contributed by atoms with Crippen LogP contribution >= 0.6 is 11.3 Å². The number of aromatic nitrogens is 1. The van der Waals surface area contributed by atoms with Crippen LogP contribution < -0.4 is 5.32 Å². The SMILES string of the molecule is CCNC(c1cc(F)cc(F)c1)c1csc(C)n1. The topological polar surface area (TPSA) is 24.9 Å². The van der Waals surface area contributed by atoms with E-state index in [1.54, 1.807) is 0 Å². The van der Waals surface area contributed by atoms with Gasteiger partial charge in [0.2, 0.25) is 0 Å². The Kier molecular flexibility index (Phi) is 4.04. The average Bonchev–Trinajstić information content (AvgIpc) is 2.71. The Balaban J connectivity index is 2.40. The highest BCUT2D eigenvalue weighted by Crippen LogP contribution is 2.24. The Hall–Kier alpha value is -1.33. The predicted octanol–water partition coefficient (Wildman–Crippen LogP) is 3.43. The summed E-state index contributed by atoms with van der Waals surface area (Å²) in [6.45, 7) is 4.55. The zero-order valence-electron chi connectivity index (χ0n) is 10.2. The van der Waals surface area contributed by atoms with Gasteiger partial charge < -0.3 is 5.32 Å². The molecular formula is C13H14F2N2S. The van der Waals surface area contributed by atoms with Crippen molar-refractivity contribution in [3.63, 3.8) is 0 Å². The number of hydrogen-bond acceptors (Lipinski definition) is 3. The second kappa shape index (κ2) is 5.54. The first-order valence-electron chi connectivity index (χ1n) is 5.71. The van der Waals surface area contributed by atoms with Crippen LogP contribution in [0.1, 0.15) is 29.2 Å². The van der Waals surface area contributed by atoms with E-state index in [1.807, 2.05) is 19.2 Å². The number of benzene rings is 1. The third-order valence-electron chi connectivity index (χ3n) is 2.56. The summed E-state index contributed by atoms with van der Waals surface area (Å²) in [6, 6.07) is 3.28. The number of hydrogen-bond donors (Lipinski definition) is 1. The van der Waals surface area contributed by atoms with Gasteiger partial charge in [-0.1, -0.05) is 6.92 Å². The van der Waals surface area contributed by atoms with Gasteiger partial charge in [0.25, 0.3) is 0 Å². The molecule has 2 rings (SSSR count). The first-order chi connectivity index (χ1) is 8.60. The van der Waals surface area contributed by atoms with Crippen molar-refractivity contribution in [3.8, 4) is 0 Å². The van der Waals surface area contributed by atoms with Gasteiger partial charge in [-0.25, -0.2) is 13.8 Å². The lowest BCUT2D eigenvalue weighted by atomic mass is 10.0. The predicted molar refractivity (Wildman–Crippen MR) is 68.7 cm³/mol. The van der Waals surface area contributed by atoms with Crippen LogP contribution in [0, 0.1) is 18.6 Å². The number of nitrogens with zero attached hydrogens (tertiary/aromatic N) is 1. The van der Waals surface area contributed by atoms with Crippen molar-refractivity contribution in [1.82, 2.24) is 10.3 Å². The summed E-state index contributed by atoms with van der Waals surface area (Å²) in [5.74, 6) is -1.14. The van der Waals surface area contributed by atoms with E-state index in [4.69, 9.17) is 0 Å². The molecule has 2 aromatic rings. The van der Waals surface area contributed by atoms with Crippen LogP contribution in [-0.2, 0) is 0 Å². The van der Waals surface area contributed by atoms with Gasteiger partial charge in [0.1, 0.15) is 11.6 Å². The molecule has 1 aromatic carbocycles. The molecule has 96 valence electrons. The molecule has 1 heterocycles. The van der Waals surface area contributed by atoms with Crippen LogP contribution in [0.3, 0.4) is 0 Å². The summed E-state index contributed by atoms with van der Waals surface area (Å²) in [7, 11) is 0. The number of halogens is 2. The van der Waals surface area contributed by atoms with Gasteiger partial charge >= 0.3 is 0 Å². The van der Waals surface area contributed by atoms with Crippen molar-refractivity contribution in [2.75, 3.05) is 6.54 Å². The minimum atomic E-state index is -0.570. The van der Waals surface area contributed by atoms with E-state index >= 15 is 0 Å². The molecule has 5 heteroatoms. The molecule has 1 N–H and O–H groups in total. The molecule has 0 fully saturated rings. The lowest BCUT2D eigenvalue weighted by Gasteiger charge is -2.16. The number of thiazole rings is 1.